The van der Waals surface area contributed by atoms with E-state index in [-0.39, 0.29) is 0 Å². The standard InChI is InChI=1S/C22H21N3O4/c1-26-19-8-6-5-7-16(19)14-9-10-17-18(11-14)25(24-23-17)15-12-20(27-2)22(29-4)21(13-15)28-3/h5-13H,1-4H3. The third-order valence-electron chi connectivity index (χ3n) is 4.76. The molecule has 0 aliphatic carbocycles. The Morgan fingerprint density at radius 1 is 0.724 bits per heavy atom. The fourth-order valence-corrected chi connectivity index (χ4v) is 3.35. The number of hydrogen-bond donors (Lipinski definition) is 0. The van der Waals surface area contributed by atoms with Gasteiger partial charge in [-0.2, -0.15) is 0 Å². The van der Waals surface area contributed by atoms with Gasteiger partial charge in [0.15, 0.2) is 11.5 Å². The van der Waals surface area contributed by atoms with Crippen LogP contribution in [-0.2, 0) is 0 Å². The van der Waals surface area contributed by atoms with Crippen LogP contribution in [-0.4, -0.2) is 43.4 Å². The fourth-order valence-electron chi connectivity index (χ4n) is 3.35. The molecule has 0 N–H and O–H groups in total. The molecule has 29 heavy (non-hydrogen) atoms. The number of methoxy groups -OCH3 is 4. The van der Waals surface area contributed by atoms with Gasteiger partial charge in [0.05, 0.1) is 39.6 Å². The van der Waals surface area contributed by atoms with Crippen LogP contribution in [0.3, 0.4) is 0 Å². The number of benzene rings is 3. The molecule has 0 aliphatic heterocycles. The molecule has 0 radical (unpaired) electrons. The third kappa shape index (κ3) is 3.20. The molecule has 0 spiro atoms. The van der Waals surface area contributed by atoms with E-state index in [9.17, 15) is 0 Å². The highest BCUT2D eigenvalue weighted by Crippen LogP contribution is 2.40. The number of ether oxygens (including phenoxy) is 4. The van der Waals surface area contributed by atoms with Gasteiger partial charge in [-0.15, -0.1) is 5.10 Å². The molecule has 0 saturated heterocycles. The van der Waals surface area contributed by atoms with Gasteiger partial charge in [-0.05, 0) is 23.8 Å². The van der Waals surface area contributed by atoms with Crippen LogP contribution < -0.4 is 18.9 Å². The van der Waals surface area contributed by atoms with Crippen molar-refractivity contribution in [1.82, 2.24) is 15.0 Å². The molecule has 0 fully saturated rings. The second kappa shape index (κ2) is 7.71. The van der Waals surface area contributed by atoms with E-state index in [0.29, 0.717) is 17.2 Å². The highest BCUT2D eigenvalue weighted by molar-refractivity contribution is 5.84. The number of rotatable bonds is 6. The molecule has 1 heterocycles. The Morgan fingerprint density at radius 3 is 2.07 bits per heavy atom. The maximum Gasteiger partial charge on any atom is 0.203 e. The van der Waals surface area contributed by atoms with Gasteiger partial charge in [0.2, 0.25) is 5.75 Å². The largest absolute Gasteiger partial charge is 0.496 e. The second-order valence-electron chi connectivity index (χ2n) is 6.29. The average Bonchev–Trinajstić information content (AvgIpc) is 3.21. The molecule has 7 nitrogen and oxygen atoms in total. The number of nitrogens with zero attached hydrogens (tertiary/aromatic N) is 3. The fraction of sp³-hybridized carbons (Fsp3) is 0.182. The summed E-state index contributed by atoms with van der Waals surface area (Å²) in [6.07, 6.45) is 0. The summed E-state index contributed by atoms with van der Waals surface area (Å²) in [5.41, 5.74) is 4.37. The quantitative estimate of drug-likeness (QED) is 0.492. The number of hydrogen-bond acceptors (Lipinski definition) is 6. The van der Waals surface area contributed by atoms with Gasteiger partial charge in [-0.1, -0.05) is 29.5 Å². The molecule has 148 valence electrons. The van der Waals surface area contributed by atoms with Crippen molar-refractivity contribution in [3.63, 3.8) is 0 Å². The minimum atomic E-state index is 0.526. The lowest BCUT2D eigenvalue weighted by molar-refractivity contribution is 0.324. The van der Waals surface area contributed by atoms with Gasteiger partial charge < -0.3 is 18.9 Å². The highest BCUT2D eigenvalue weighted by Gasteiger charge is 2.17. The first-order chi connectivity index (χ1) is 14.2. The monoisotopic (exact) mass is 391 g/mol. The summed E-state index contributed by atoms with van der Waals surface area (Å²) in [7, 11) is 6.41. The van der Waals surface area contributed by atoms with Crippen molar-refractivity contribution in [2.75, 3.05) is 28.4 Å². The first kappa shape index (κ1) is 18.6. The molecule has 7 heteroatoms. The first-order valence-corrected chi connectivity index (χ1v) is 8.99. The molecule has 0 bridgehead atoms. The average molecular weight is 391 g/mol. The molecule has 1 aromatic heterocycles. The Labute approximate surface area is 168 Å². The minimum Gasteiger partial charge on any atom is -0.496 e. The lowest BCUT2D eigenvalue weighted by Crippen LogP contribution is -2.01. The van der Waals surface area contributed by atoms with Gasteiger partial charge in [-0.3, -0.25) is 0 Å². The minimum absolute atomic E-state index is 0.526. The smallest absolute Gasteiger partial charge is 0.203 e. The normalized spacial score (nSPS) is 10.8. The summed E-state index contributed by atoms with van der Waals surface area (Å²) < 4.78 is 23.6. The number of aromatic nitrogens is 3. The molecule has 0 amide bonds. The summed E-state index contributed by atoms with van der Waals surface area (Å²) >= 11 is 0. The number of fused-ring (bicyclic) bond motifs is 1. The van der Waals surface area contributed by atoms with Crippen molar-refractivity contribution in [3.05, 3.63) is 54.6 Å². The van der Waals surface area contributed by atoms with Crippen molar-refractivity contribution < 1.29 is 18.9 Å². The third-order valence-corrected chi connectivity index (χ3v) is 4.76. The second-order valence-corrected chi connectivity index (χ2v) is 6.29. The summed E-state index contributed by atoms with van der Waals surface area (Å²) in [5, 5.41) is 8.63. The molecule has 4 rings (SSSR count). The van der Waals surface area contributed by atoms with Crippen LogP contribution in [0.1, 0.15) is 0 Å². The molecule has 0 aliphatic rings. The molecular formula is C22H21N3O4. The maximum atomic E-state index is 5.51. The van der Waals surface area contributed by atoms with Crippen LogP contribution in [0, 0.1) is 0 Å². The van der Waals surface area contributed by atoms with Crippen molar-refractivity contribution in [2.45, 2.75) is 0 Å². The Bertz CT molecular complexity index is 1140. The summed E-state index contributed by atoms with van der Waals surface area (Å²) in [6, 6.07) is 17.6. The topological polar surface area (TPSA) is 67.6 Å². The first-order valence-electron chi connectivity index (χ1n) is 8.99. The SMILES string of the molecule is COc1ccccc1-c1ccc2nnn(-c3cc(OC)c(OC)c(OC)c3)c2c1. The zero-order valence-corrected chi connectivity index (χ0v) is 16.7. The van der Waals surface area contributed by atoms with Crippen LogP contribution in [0.4, 0.5) is 0 Å². The number of para-hydroxylation sites is 1. The highest BCUT2D eigenvalue weighted by atomic mass is 16.5. The van der Waals surface area contributed by atoms with Gasteiger partial charge >= 0.3 is 0 Å². The van der Waals surface area contributed by atoms with Gasteiger partial charge in [0.25, 0.3) is 0 Å². The van der Waals surface area contributed by atoms with E-state index in [1.54, 1.807) is 33.1 Å². The van der Waals surface area contributed by atoms with Gasteiger partial charge in [0.1, 0.15) is 11.3 Å². The zero-order valence-electron chi connectivity index (χ0n) is 16.7. The van der Waals surface area contributed by atoms with E-state index in [1.165, 1.54) is 0 Å². The molecule has 0 unspecified atom stereocenters. The van der Waals surface area contributed by atoms with Gasteiger partial charge in [0, 0.05) is 17.7 Å². The summed E-state index contributed by atoms with van der Waals surface area (Å²) in [5.74, 6) is 2.43. The molecule has 0 atom stereocenters. The van der Waals surface area contributed by atoms with E-state index >= 15 is 0 Å². The van der Waals surface area contributed by atoms with E-state index in [1.807, 2.05) is 54.6 Å². The van der Waals surface area contributed by atoms with Crippen molar-refractivity contribution >= 4 is 11.0 Å². The van der Waals surface area contributed by atoms with E-state index in [4.69, 9.17) is 18.9 Å². The summed E-state index contributed by atoms with van der Waals surface area (Å²) in [6.45, 7) is 0. The van der Waals surface area contributed by atoms with Crippen LogP contribution >= 0.6 is 0 Å². The van der Waals surface area contributed by atoms with Crippen molar-refractivity contribution in [1.29, 1.82) is 0 Å². The Morgan fingerprint density at radius 2 is 1.41 bits per heavy atom. The van der Waals surface area contributed by atoms with Crippen LogP contribution in [0.25, 0.3) is 27.8 Å². The Kier molecular flexibility index (Phi) is 4.95. The molecule has 3 aromatic carbocycles. The Balaban J connectivity index is 1.90. The molecule has 0 saturated carbocycles. The van der Waals surface area contributed by atoms with E-state index < -0.39 is 0 Å². The Hall–Kier alpha value is -3.74. The van der Waals surface area contributed by atoms with E-state index in [0.717, 1.165) is 33.6 Å². The van der Waals surface area contributed by atoms with Crippen LogP contribution in [0.15, 0.2) is 54.6 Å². The van der Waals surface area contributed by atoms with Gasteiger partial charge in [-0.25, -0.2) is 4.68 Å². The molecule has 4 aromatic rings. The van der Waals surface area contributed by atoms with E-state index in [2.05, 4.69) is 10.3 Å². The lowest BCUT2D eigenvalue weighted by Gasteiger charge is -2.14. The predicted molar refractivity (Wildman–Crippen MR) is 111 cm³/mol. The van der Waals surface area contributed by atoms with Crippen molar-refractivity contribution in [2.24, 2.45) is 0 Å². The van der Waals surface area contributed by atoms with Crippen LogP contribution in [0.5, 0.6) is 23.0 Å². The van der Waals surface area contributed by atoms with Crippen molar-refractivity contribution in [3.8, 4) is 39.8 Å². The van der Waals surface area contributed by atoms with Crippen LogP contribution in [0.2, 0.25) is 0 Å². The summed E-state index contributed by atoms with van der Waals surface area (Å²) in [4.78, 5) is 0. The lowest BCUT2D eigenvalue weighted by atomic mass is 10.0. The predicted octanol–water partition coefficient (Wildman–Crippen LogP) is 4.12. The maximum absolute atomic E-state index is 5.51. The zero-order chi connectivity index (χ0) is 20.4. The molecular weight excluding hydrogens is 370 g/mol.